The maximum Gasteiger partial charge on any atom is 0.110 e. The smallest absolute Gasteiger partial charge is 0.110 e. The molecule has 45 heavy (non-hydrogen) atoms. The molecule has 3 heteroatoms. The molecule has 0 N–H and O–H groups in total. The minimum absolute atomic E-state index is 0.246. The maximum absolute atomic E-state index is 6.54. The van der Waals surface area contributed by atoms with Crippen molar-refractivity contribution in [2.75, 3.05) is 27.4 Å². The molecule has 0 aliphatic heterocycles. The van der Waals surface area contributed by atoms with Gasteiger partial charge in [0.25, 0.3) is 0 Å². The zero-order valence-electron chi connectivity index (χ0n) is 29.4. The Kier molecular flexibility index (Phi) is 10.9. The van der Waals surface area contributed by atoms with E-state index in [1.165, 1.54) is 116 Å². The third kappa shape index (κ3) is 6.50. The second-order valence-electron chi connectivity index (χ2n) is 16.6. The molecule has 3 nitrogen and oxygen atoms in total. The lowest BCUT2D eigenvalue weighted by Crippen LogP contribution is -2.54. The van der Waals surface area contributed by atoms with Gasteiger partial charge in [-0.3, -0.25) is 0 Å². The monoisotopic (exact) mass is 619 g/mol. The Balaban J connectivity index is 1.07. The Bertz CT molecular complexity index is 941. The quantitative estimate of drug-likeness (QED) is 0.228. The SMILES string of the molecule is COC1(C2(C3CCC(C)CC3)CCCCC2)C=CC(COCC2C=CC(OC)(C3(C4CCC(C)CC4)CCCCC3)C=C2)C=C1. The van der Waals surface area contributed by atoms with E-state index in [0.29, 0.717) is 11.8 Å². The van der Waals surface area contributed by atoms with E-state index in [1.807, 2.05) is 14.2 Å². The summed E-state index contributed by atoms with van der Waals surface area (Å²) in [6, 6.07) is 0. The Morgan fingerprint density at radius 3 is 1.13 bits per heavy atom. The van der Waals surface area contributed by atoms with Crippen molar-refractivity contribution in [1.29, 1.82) is 0 Å². The summed E-state index contributed by atoms with van der Waals surface area (Å²) in [7, 11) is 3.92. The Hall–Kier alpha value is -1.16. The summed E-state index contributed by atoms with van der Waals surface area (Å²) in [5.74, 6) is 3.94. The van der Waals surface area contributed by atoms with Gasteiger partial charge < -0.3 is 14.2 Å². The molecule has 0 saturated heterocycles. The molecule has 0 amide bonds. The standard InChI is InChI=1S/C42H66O3/c1-33-11-15-37(16-12-33)39(23-7-5-8-24-39)41(43-3)27-19-35(20-28-41)31-45-32-36-21-29-42(44-4,30-22-36)40(25-9-6-10-26-40)38-17-13-34(2)14-18-38/h19-22,27-30,33-38H,5-18,23-26,31-32H2,1-4H3. The summed E-state index contributed by atoms with van der Waals surface area (Å²) in [5.41, 5.74) is -0.0377. The summed E-state index contributed by atoms with van der Waals surface area (Å²) in [6.45, 7) is 6.36. The summed E-state index contributed by atoms with van der Waals surface area (Å²) >= 11 is 0. The molecule has 0 radical (unpaired) electrons. The molecule has 6 aliphatic rings. The minimum atomic E-state index is -0.265. The van der Waals surface area contributed by atoms with Crippen molar-refractivity contribution in [2.45, 2.75) is 141 Å². The van der Waals surface area contributed by atoms with Crippen LogP contribution in [0.15, 0.2) is 48.6 Å². The van der Waals surface area contributed by atoms with Crippen LogP contribution >= 0.6 is 0 Å². The van der Waals surface area contributed by atoms with Crippen molar-refractivity contribution in [3.8, 4) is 0 Å². The fourth-order valence-electron chi connectivity index (χ4n) is 11.4. The highest BCUT2D eigenvalue weighted by molar-refractivity contribution is 5.31. The molecule has 6 rings (SSSR count). The number of ether oxygens (including phenoxy) is 3. The number of hydrogen-bond donors (Lipinski definition) is 0. The van der Waals surface area contributed by atoms with Crippen molar-refractivity contribution < 1.29 is 14.2 Å². The van der Waals surface area contributed by atoms with Gasteiger partial charge in [0.1, 0.15) is 11.2 Å². The zero-order chi connectivity index (χ0) is 31.4. The van der Waals surface area contributed by atoms with Gasteiger partial charge >= 0.3 is 0 Å². The van der Waals surface area contributed by atoms with Crippen molar-refractivity contribution in [1.82, 2.24) is 0 Å². The van der Waals surface area contributed by atoms with E-state index in [2.05, 4.69) is 62.5 Å². The average molecular weight is 619 g/mol. The van der Waals surface area contributed by atoms with Crippen LogP contribution in [0.5, 0.6) is 0 Å². The first-order valence-corrected chi connectivity index (χ1v) is 19.4. The lowest BCUT2D eigenvalue weighted by atomic mass is 9.52. The highest BCUT2D eigenvalue weighted by Crippen LogP contribution is 2.59. The van der Waals surface area contributed by atoms with Gasteiger partial charge in [-0.25, -0.2) is 0 Å². The number of methoxy groups -OCH3 is 2. The van der Waals surface area contributed by atoms with E-state index in [-0.39, 0.29) is 22.0 Å². The van der Waals surface area contributed by atoms with Crippen LogP contribution in [-0.2, 0) is 14.2 Å². The van der Waals surface area contributed by atoms with Crippen LogP contribution in [-0.4, -0.2) is 38.6 Å². The fourth-order valence-corrected chi connectivity index (χ4v) is 11.4. The molecule has 252 valence electrons. The normalized spacial score (nSPS) is 41.2. The molecule has 0 spiro atoms. The molecule has 0 atom stereocenters. The van der Waals surface area contributed by atoms with Gasteiger partial charge in [-0.1, -0.05) is 127 Å². The van der Waals surface area contributed by atoms with Crippen molar-refractivity contribution in [2.24, 2.45) is 46.3 Å². The zero-order valence-corrected chi connectivity index (χ0v) is 29.4. The van der Waals surface area contributed by atoms with E-state index >= 15 is 0 Å². The molecule has 0 unspecified atom stereocenters. The molecular weight excluding hydrogens is 552 g/mol. The molecule has 0 heterocycles. The van der Waals surface area contributed by atoms with Gasteiger partial charge in [0.2, 0.25) is 0 Å². The van der Waals surface area contributed by atoms with E-state index in [9.17, 15) is 0 Å². The van der Waals surface area contributed by atoms with Gasteiger partial charge in [0, 0.05) is 36.9 Å². The lowest BCUT2D eigenvalue weighted by molar-refractivity contribution is -0.108. The van der Waals surface area contributed by atoms with Crippen LogP contribution in [0.25, 0.3) is 0 Å². The molecule has 0 aromatic heterocycles. The van der Waals surface area contributed by atoms with Gasteiger partial charge in [-0.05, 0) is 75.0 Å². The highest BCUT2D eigenvalue weighted by Gasteiger charge is 2.56. The molecule has 4 fully saturated rings. The number of hydrogen-bond acceptors (Lipinski definition) is 3. The van der Waals surface area contributed by atoms with Crippen molar-refractivity contribution >= 4 is 0 Å². The third-order valence-corrected chi connectivity index (χ3v) is 14.3. The van der Waals surface area contributed by atoms with Crippen LogP contribution in [0.3, 0.4) is 0 Å². The summed E-state index contributed by atoms with van der Waals surface area (Å²) in [5, 5.41) is 0. The van der Waals surface area contributed by atoms with Crippen LogP contribution in [0.4, 0.5) is 0 Å². The highest BCUT2D eigenvalue weighted by atomic mass is 16.5. The Labute approximate surface area is 276 Å². The summed E-state index contributed by atoms with van der Waals surface area (Å²) < 4.78 is 19.5. The first-order chi connectivity index (χ1) is 21.9. The van der Waals surface area contributed by atoms with Crippen molar-refractivity contribution in [3.05, 3.63) is 48.6 Å². The second kappa shape index (κ2) is 14.5. The topological polar surface area (TPSA) is 27.7 Å². The summed E-state index contributed by atoms with van der Waals surface area (Å²) in [4.78, 5) is 0. The largest absolute Gasteiger partial charge is 0.380 e. The predicted octanol–water partition coefficient (Wildman–Crippen LogP) is 10.8. The van der Waals surface area contributed by atoms with E-state index in [0.717, 1.165) is 36.9 Å². The maximum atomic E-state index is 6.54. The van der Waals surface area contributed by atoms with Gasteiger partial charge in [-0.15, -0.1) is 0 Å². The first kappa shape index (κ1) is 33.7. The van der Waals surface area contributed by atoms with Crippen LogP contribution in [0.1, 0.15) is 129 Å². The number of rotatable bonds is 10. The minimum Gasteiger partial charge on any atom is -0.380 e. The molecule has 0 bridgehead atoms. The molecule has 6 aliphatic carbocycles. The van der Waals surface area contributed by atoms with Crippen molar-refractivity contribution in [3.63, 3.8) is 0 Å². The van der Waals surface area contributed by atoms with E-state index in [4.69, 9.17) is 14.2 Å². The van der Waals surface area contributed by atoms with Crippen LogP contribution < -0.4 is 0 Å². The van der Waals surface area contributed by atoms with Crippen LogP contribution in [0.2, 0.25) is 0 Å². The van der Waals surface area contributed by atoms with Gasteiger partial charge in [0.05, 0.1) is 13.2 Å². The third-order valence-electron chi connectivity index (χ3n) is 14.3. The Morgan fingerprint density at radius 1 is 0.489 bits per heavy atom. The van der Waals surface area contributed by atoms with Gasteiger partial charge in [-0.2, -0.15) is 0 Å². The molecule has 0 aromatic carbocycles. The second-order valence-corrected chi connectivity index (χ2v) is 16.6. The molecule has 0 aromatic rings. The summed E-state index contributed by atoms with van der Waals surface area (Å²) in [6.07, 6.45) is 43.8. The predicted molar refractivity (Wildman–Crippen MR) is 187 cm³/mol. The molecular formula is C42H66O3. The Morgan fingerprint density at radius 2 is 0.822 bits per heavy atom. The lowest BCUT2D eigenvalue weighted by Gasteiger charge is -2.56. The van der Waals surface area contributed by atoms with E-state index in [1.54, 1.807) is 0 Å². The average Bonchev–Trinajstić information content (AvgIpc) is 3.10. The van der Waals surface area contributed by atoms with E-state index < -0.39 is 0 Å². The van der Waals surface area contributed by atoms with Crippen LogP contribution in [0, 0.1) is 46.3 Å². The van der Waals surface area contributed by atoms with Gasteiger partial charge in [0.15, 0.2) is 0 Å². The first-order valence-electron chi connectivity index (χ1n) is 19.4. The fraction of sp³-hybridized carbons (Fsp3) is 0.810. The molecule has 4 saturated carbocycles.